The number of nitrogens with zero attached hydrogens (tertiary/aromatic N) is 1. The van der Waals surface area contributed by atoms with Crippen molar-refractivity contribution in [2.75, 3.05) is 36.9 Å². The van der Waals surface area contributed by atoms with E-state index in [0.717, 1.165) is 45.6 Å². The first kappa shape index (κ1) is 20.9. The van der Waals surface area contributed by atoms with Gasteiger partial charge in [-0.25, -0.2) is 4.98 Å². The highest BCUT2D eigenvalue weighted by atomic mass is 79.9. The van der Waals surface area contributed by atoms with Gasteiger partial charge >= 0.3 is 0 Å². The third-order valence-corrected chi connectivity index (χ3v) is 7.63. The van der Waals surface area contributed by atoms with Crippen LogP contribution in [-0.2, 0) is 22.5 Å². The Morgan fingerprint density at radius 2 is 1.90 bits per heavy atom. The number of hydrogen-bond donors (Lipinski definition) is 1. The second-order valence-electron chi connectivity index (χ2n) is 8.64. The molecule has 1 saturated heterocycles. The zero-order valence-corrected chi connectivity index (χ0v) is 20.0. The lowest BCUT2D eigenvalue weighted by molar-refractivity contribution is -0.329. The Bertz CT molecular complexity index is 1170. The summed E-state index contributed by atoms with van der Waals surface area (Å²) in [7, 11) is 0. The minimum atomic E-state index is -0.284. The van der Waals surface area contributed by atoms with E-state index in [1.807, 2.05) is 24.3 Å². The summed E-state index contributed by atoms with van der Waals surface area (Å²) in [5.41, 5.74) is 9.87. The number of carbonyl (C=O) groups excluding carboxylic acids is 1. The van der Waals surface area contributed by atoms with Crippen molar-refractivity contribution in [2.24, 2.45) is 0 Å². The number of ether oxygens (including phenoxy) is 2. The van der Waals surface area contributed by atoms with Gasteiger partial charge in [-0.15, -0.1) is 0 Å². The van der Waals surface area contributed by atoms with Crippen LogP contribution in [0.1, 0.15) is 40.2 Å². The van der Waals surface area contributed by atoms with E-state index >= 15 is 0 Å². The number of nitrogens with one attached hydrogen (secondary N) is 1. The summed E-state index contributed by atoms with van der Waals surface area (Å²) >= 11 is 4.87. The number of pyridine rings is 1. The average Bonchev–Trinajstić information content (AvgIpc) is 3.09. The van der Waals surface area contributed by atoms with E-state index in [9.17, 15) is 4.79 Å². The van der Waals surface area contributed by atoms with Gasteiger partial charge in [0.15, 0.2) is 4.83 Å². The molecule has 3 N–H and O–H groups in total. The van der Waals surface area contributed by atoms with Crippen LogP contribution in [0.25, 0.3) is 10.2 Å². The van der Waals surface area contributed by atoms with Crippen LogP contribution in [0.15, 0.2) is 28.7 Å². The molecule has 2 aliphatic rings. The molecule has 5 rings (SSSR count). The fourth-order valence-electron chi connectivity index (χ4n) is 4.36. The van der Waals surface area contributed by atoms with Crippen LogP contribution in [0.2, 0.25) is 0 Å². The molecule has 6 nitrogen and oxygen atoms in total. The zero-order chi connectivity index (χ0) is 21.8. The van der Waals surface area contributed by atoms with Crippen LogP contribution in [-0.4, -0.2) is 37.7 Å². The first-order valence-electron chi connectivity index (χ1n) is 10.4. The first-order valence-corrected chi connectivity index (χ1v) is 12.0. The molecule has 2 aliphatic heterocycles. The van der Waals surface area contributed by atoms with Crippen LogP contribution in [0.4, 0.5) is 11.5 Å². The highest BCUT2D eigenvalue weighted by molar-refractivity contribution is 9.10. The van der Waals surface area contributed by atoms with Crippen LogP contribution in [0, 0.1) is 0 Å². The number of hydrogen-bond acceptors (Lipinski definition) is 6. The normalized spacial score (nSPS) is 18.2. The Kier molecular flexibility index (Phi) is 5.29. The average molecular weight is 503 g/mol. The van der Waals surface area contributed by atoms with E-state index in [1.54, 1.807) is 0 Å². The van der Waals surface area contributed by atoms with Gasteiger partial charge in [0.2, 0.25) is 5.78 Å². The maximum absolute atomic E-state index is 13.3. The quantitative estimate of drug-likeness (QED) is 0.548. The molecule has 0 spiro atoms. The van der Waals surface area contributed by atoms with Crippen molar-refractivity contribution in [3.63, 3.8) is 0 Å². The van der Waals surface area contributed by atoms with Gasteiger partial charge in [-0.2, -0.15) is 0 Å². The van der Waals surface area contributed by atoms with Gasteiger partial charge in [0.1, 0.15) is 18.0 Å². The van der Waals surface area contributed by atoms with Crippen molar-refractivity contribution >= 4 is 54.8 Å². The van der Waals surface area contributed by atoms with Crippen LogP contribution in [0.5, 0.6) is 0 Å². The number of ketones is 1. The molecule has 0 unspecified atom stereocenters. The van der Waals surface area contributed by atoms with Crippen molar-refractivity contribution in [3.05, 3.63) is 50.3 Å². The number of halogens is 1. The van der Waals surface area contributed by atoms with Crippen LogP contribution in [0.3, 0.4) is 0 Å². The Labute approximate surface area is 193 Å². The van der Waals surface area contributed by atoms with Crippen molar-refractivity contribution in [1.82, 2.24) is 0 Å². The van der Waals surface area contributed by atoms with Crippen molar-refractivity contribution in [3.8, 4) is 0 Å². The largest absolute Gasteiger partial charge is 0.397 e. The van der Waals surface area contributed by atoms with E-state index in [0.29, 0.717) is 35.9 Å². The minimum absolute atomic E-state index is 0.0485. The van der Waals surface area contributed by atoms with Crippen LogP contribution < -0.4 is 15.6 Å². The third kappa shape index (κ3) is 3.75. The Morgan fingerprint density at radius 3 is 2.61 bits per heavy atom. The lowest BCUT2D eigenvalue weighted by Gasteiger charge is -2.33. The molecule has 0 bridgehead atoms. The van der Waals surface area contributed by atoms with Gasteiger partial charge < -0.3 is 15.2 Å². The van der Waals surface area contributed by atoms with E-state index in [4.69, 9.17) is 15.2 Å². The van der Waals surface area contributed by atoms with Gasteiger partial charge in [-0.05, 0) is 43.7 Å². The third-order valence-electron chi connectivity index (χ3n) is 5.98. The number of rotatable bonds is 3. The Morgan fingerprint density at radius 1 is 1.19 bits per heavy atom. The number of morpholine rings is 1. The second-order valence-corrected chi connectivity index (χ2v) is 10.6. The fourth-order valence-corrected chi connectivity index (χ4v) is 5.74. The van der Waals surface area contributed by atoms with Crippen molar-refractivity contribution in [2.45, 2.75) is 32.5 Å². The molecule has 4 heterocycles. The lowest BCUT2D eigenvalue weighted by atomic mass is 9.89. The summed E-state index contributed by atoms with van der Waals surface area (Å²) in [6.45, 7) is 7.77. The molecule has 3 aromatic rings. The number of thiophene rings is 1. The predicted molar refractivity (Wildman–Crippen MR) is 126 cm³/mol. The molecule has 1 aromatic carbocycles. The van der Waals surface area contributed by atoms with Gasteiger partial charge in [-0.3, -0.25) is 9.69 Å². The number of H-pyrrole nitrogens is 1. The van der Waals surface area contributed by atoms with Crippen LogP contribution >= 0.6 is 27.3 Å². The summed E-state index contributed by atoms with van der Waals surface area (Å²) in [4.78, 5) is 20.7. The molecular formula is C23H25BrN3O3S+. The summed E-state index contributed by atoms with van der Waals surface area (Å²) in [6, 6.07) is 7.40. The monoisotopic (exact) mass is 502 g/mol. The molecule has 8 heteroatoms. The molecular weight excluding hydrogens is 478 g/mol. The molecule has 0 aliphatic carbocycles. The molecule has 31 heavy (non-hydrogen) atoms. The fraction of sp³-hybridized carbons (Fsp3) is 0.391. The molecule has 1 fully saturated rings. The first-order chi connectivity index (χ1) is 14.8. The maximum atomic E-state index is 13.3. The van der Waals surface area contributed by atoms with Gasteiger partial charge in [0.25, 0.3) is 5.82 Å². The highest BCUT2D eigenvalue weighted by Gasteiger charge is 2.36. The van der Waals surface area contributed by atoms with Crippen molar-refractivity contribution < 1.29 is 19.3 Å². The molecule has 0 atom stereocenters. The van der Waals surface area contributed by atoms with Gasteiger partial charge in [0, 0.05) is 16.5 Å². The number of nitrogens with two attached hydrogens (primary N) is 1. The van der Waals surface area contributed by atoms with E-state index in [2.05, 4.69) is 39.7 Å². The van der Waals surface area contributed by atoms with Gasteiger partial charge in [0.05, 0.1) is 42.1 Å². The smallest absolute Gasteiger partial charge is 0.281 e. The summed E-state index contributed by atoms with van der Waals surface area (Å²) in [5.74, 6) is 1.01. The maximum Gasteiger partial charge on any atom is 0.281 e. The summed E-state index contributed by atoms with van der Waals surface area (Å²) < 4.78 is 12.6. The summed E-state index contributed by atoms with van der Waals surface area (Å²) in [6.07, 6.45) is 0.748. The topological polar surface area (TPSA) is 78.9 Å². The number of fused-ring (bicyclic) bond motifs is 3. The number of aromatic nitrogens is 1. The molecule has 0 amide bonds. The van der Waals surface area contributed by atoms with E-state index in [1.165, 1.54) is 16.9 Å². The standard InChI is InChI=1S/C23H24BrN3O3S/c1-23(2)11-15-16(12-30-23)21(27-7-9-29-10-8-27)26-22-17(15)18(25)20(31-22)19(28)13-3-5-14(24)6-4-13/h3-6H,7-12,25H2,1-2H3/p+1. The molecule has 0 saturated carbocycles. The second kappa shape index (κ2) is 7.85. The zero-order valence-electron chi connectivity index (χ0n) is 17.6. The number of aromatic amines is 1. The number of carbonyl (C=O) groups is 1. The summed E-state index contributed by atoms with van der Waals surface area (Å²) in [5, 5.41) is 0.967. The van der Waals surface area contributed by atoms with Crippen molar-refractivity contribution in [1.29, 1.82) is 0 Å². The highest BCUT2D eigenvalue weighted by Crippen LogP contribution is 2.42. The number of nitrogen functional groups attached to an aromatic ring is 1. The molecule has 162 valence electrons. The lowest BCUT2D eigenvalue weighted by Crippen LogP contribution is -2.42. The van der Waals surface area contributed by atoms with E-state index < -0.39 is 0 Å². The predicted octanol–water partition coefficient (Wildman–Crippen LogP) is 3.98. The SMILES string of the molecule is CC1(C)Cc2c(c(N3CCOCC3)[nH+]c3sc(C(=O)c4ccc(Br)cc4)c(N)c23)CO1. The molecule has 0 radical (unpaired) electrons. The minimum Gasteiger partial charge on any atom is -0.397 e. The Balaban J connectivity index is 1.68. The van der Waals surface area contributed by atoms with Gasteiger partial charge in [-0.1, -0.05) is 27.3 Å². The Hall–Kier alpha value is -2.00. The number of anilines is 2. The molecule has 2 aromatic heterocycles. The number of benzene rings is 1. The van der Waals surface area contributed by atoms with E-state index in [-0.39, 0.29) is 11.4 Å².